The molecule has 11 nitrogen and oxygen atoms in total. The second kappa shape index (κ2) is 13.9. The van der Waals surface area contributed by atoms with Crippen LogP contribution in [-0.2, 0) is 23.9 Å². The van der Waals surface area contributed by atoms with Gasteiger partial charge >= 0.3 is 12.1 Å². The van der Waals surface area contributed by atoms with Gasteiger partial charge in [0.1, 0.15) is 5.60 Å². The van der Waals surface area contributed by atoms with Gasteiger partial charge in [-0.1, -0.05) is 5.92 Å². The van der Waals surface area contributed by atoms with E-state index in [1.165, 1.54) is 0 Å². The summed E-state index contributed by atoms with van der Waals surface area (Å²) in [6.45, 7) is 7.13. The maximum Gasteiger partial charge on any atom is 0.410 e. The Labute approximate surface area is 218 Å². The van der Waals surface area contributed by atoms with Crippen molar-refractivity contribution in [1.82, 2.24) is 20.4 Å². The lowest BCUT2D eigenvalue weighted by molar-refractivity contribution is -0.146. The quantitative estimate of drug-likeness (QED) is 0.306. The Morgan fingerprint density at radius 2 is 1.73 bits per heavy atom. The molecule has 0 aromatic heterocycles. The van der Waals surface area contributed by atoms with Crippen molar-refractivity contribution in [3.8, 4) is 12.3 Å². The first-order valence-corrected chi connectivity index (χ1v) is 12.9. The second-order valence-electron chi connectivity index (χ2n) is 10.7. The Hall–Kier alpha value is -3.29. The zero-order chi connectivity index (χ0) is 27.6. The summed E-state index contributed by atoms with van der Waals surface area (Å²) in [5.41, 5.74) is -0.529. The Balaban J connectivity index is 1.76. The number of piperidine rings is 2. The van der Waals surface area contributed by atoms with Crippen LogP contribution >= 0.6 is 0 Å². The standard InChI is InChI=1S/C26H40N4O7/c1-5-12-27-23(33)20(24(34)35)16-28-22(32)19-7-6-13-30(17-19)21(31)9-8-18-10-14-29(15-11-18)25(36)37-26(2,3)4/h1,18-20H,6-17H2,2-4H3,(H,27,33)(H,28,32)(H,34,35)/t19-,20+/m1/s1. The molecule has 3 N–H and O–H groups in total. The number of ether oxygens (including phenoxy) is 1. The fourth-order valence-corrected chi connectivity index (χ4v) is 4.53. The van der Waals surface area contributed by atoms with Crippen LogP contribution in [0.15, 0.2) is 0 Å². The molecule has 0 saturated carbocycles. The fraction of sp³-hybridized carbons (Fsp3) is 0.731. The van der Waals surface area contributed by atoms with E-state index in [2.05, 4.69) is 16.6 Å². The predicted octanol–water partition coefficient (Wildman–Crippen LogP) is 1.22. The van der Waals surface area contributed by atoms with E-state index in [0.29, 0.717) is 44.8 Å². The molecular formula is C26H40N4O7. The predicted molar refractivity (Wildman–Crippen MR) is 135 cm³/mol. The van der Waals surface area contributed by atoms with Gasteiger partial charge < -0.3 is 30.3 Å². The molecule has 2 rings (SSSR count). The monoisotopic (exact) mass is 520 g/mol. The average molecular weight is 521 g/mol. The number of carbonyl (C=O) groups excluding carboxylic acids is 4. The van der Waals surface area contributed by atoms with E-state index in [-0.39, 0.29) is 37.5 Å². The lowest BCUT2D eigenvalue weighted by atomic mass is 9.91. The van der Waals surface area contributed by atoms with E-state index in [4.69, 9.17) is 11.2 Å². The second-order valence-corrected chi connectivity index (χ2v) is 10.7. The van der Waals surface area contributed by atoms with Gasteiger partial charge in [0.2, 0.25) is 17.7 Å². The normalized spacial score (nSPS) is 19.4. The SMILES string of the molecule is C#CCNC(=O)[C@H](CNC(=O)[C@@H]1CCCN(C(=O)CCC2CCN(C(=O)OC(C)(C)C)CC2)C1)C(=O)O. The maximum absolute atomic E-state index is 12.8. The molecule has 0 unspecified atom stereocenters. The molecule has 0 aromatic rings. The lowest BCUT2D eigenvalue weighted by Gasteiger charge is -2.34. The fourth-order valence-electron chi connectivity index (χ4n) is 4.53. The molecule has 2 heterocycles. The summed E-state index contributed by atoms with van der Waals surface area (Å²) in [6, 6.07) is 0. The van der Waals surface area contributed by atoms with Crippen LogP contribution < -0.4 is 10.6 Å². The van der Waals surface area contributed by atoms with Crippen LogP contribution in [0.4, 0.5) is 4.79 Å². The van der Waals surface area contributed by atoms with Crippen molar-refractivity contribution < 1.29 is 33.8 Å². The van der Waals surface area contributed by atoms with Crippen LogP contribution in [0.1, 0.15) is 59.3 Å². The maximum atomic E-state index is 12.8. The van der Waals surface area contributed by atoms with Crippen molar-refractivity contribution in [2.75, 3.05) is 39.3 Å². The summed E-state index contributed by atoms with van der Waals surface area (Å²) in [7, 11) is 0. The largest absolute Gasteiger partial charge is 0.481 e. The number of terminal acetylenes is 1. The number of hydrogen-bond donors (Lipinski definition) is 3. The van der Waals surface area contributed by atoms with E-state index in [0.717, 1.165) is 19.3 Å². The molecule has 11 heteroatoms. The molecule has 206 valence electrons. The lowest BCUT2D eigenvalue weighted by Crippen LogP contribution is -2.48. The number of likely N-dealkylation sites (tertiary alicyclic amines) is 2. The summed E-state index contributed by atoms with van der Waals surface area (Å²) in [5.74, 6) is -1.86. The van der Waals surface area contributed by atoms with Crippen molar-refractivity contribution in [3.63, 3.8) is 0 Å². The summed E-state index contributed by atoms with van der Waals surface area (Å²) < 4.78 is 5.43. The number of carbonyl (C=O) groups is 5. The Bertz CT molecular complexity index is 884. The highest BCUT2D eigenvalue weighted by atomic mass is 16.6. The van der Waals surface area contributed by atoms with Crippen molar-refractivity contribution in [2.45, 2.75) is 64.9 Å². The molecule has 2 saturated heterocycles. The average Bonchev–Trinajstić information content (AvgIpc) is 2.85. The molecule has 0 aliphatic carbocycles. The molecule has 2 atom stereocenters. The number of nitrogens with zero attached hydrogens (tertiary/aromatic N) is 2. The highest BCUT2D eigenvalue weighted by molar-refractivity contribution is 5.97. The Morgan fingerprint density at radius 3 is 2.32 bits per heavy atom. The molecule has 0 bridgehead atoms. The first-order chi connectivity index (χ1) is 17.4. The number of hydrogen-bond acceptors (Lipinski definition) is 6. The summed E-state index contributed by atoms with van der Waals surface area (Å²) in [6.07, 6.45) is 8.76. The van der Waals surface area contributed by atoms with Crippen LogP contribution in [0.3, 0.4) is 0 Å². The molecule has 0 spiro atoms. The van der Waals surface area contributed by atoms with Gasteiger partial charge in [-0.2, -0.15) is 0 Å². The van der Waals surface area contributed by atoms with E-state index in [1.807, 2.05) is 20.8 Å². The van der Waals surface area contributed by atoms with Gasteiger partial charge in [-0.15, -0.1) is 6.42 Å². The van der Waals surface area contributed by atoms with Gasteiger partial charge in [0.15, 0.2) is 5.92 Å². The van der Waals surface area contributed by atoms with Gasteiger partial charge in [0.05, 0.1) is 12.5 Å². The number of amides is 4. The molecule has 37 heavy (non-hydrogen) atoms. The molecule has 0 radical (unpaired) electrons. The minimum absolute atomic E-state index is 0.0100. The Kier molecular flexibility index (Phi) is 11.2. The molecule has 2 aliphatic heterocycles. The van der Waals surface area contributed by atoms with Crippen LogP contribution in [0, 0.1) is 30.1 Å². The zero-order valence-corrected chi connectivity index (χ0v) is 22.1. The van der Waals surface area contributed by atoms with Crippen molar-refractivity contribution in [3.05, 3.63) is 0 Å². The summed E-state index contributed by atoms with van der Waals surface area (Å²) in [5, 5.41) is 14.2. The number of rotatable bonds is 9. The van der Waals surface area contributed by atoms with Gasteiger partial charge in [-0.3, -0.25) is 19.2 Å². The van der Waals surface area contributed by atoms with Gasteiger partial charge in [0, 0.05) is 39.1 Å². The highest BCUT2D eigenvalue weighted by Gasteiger charge is 2.32. The third kappa shape index (κ3) is 9.94. The van der Waals surface area contributed by atoms with Gasteiger partial charge in [-0.05, 0) is 58.8 Å². The number of carboxylic acids is 1. The van der Waals surface area contributed by atoms with E-state index in [1.54, 1.807) is 9.80 Å². The minimum Gasteiger partial charge on any atom is -0.481 e. The molecule has 4 amide bonds. The molecule has 2 aliphatic rings. The van der Waals surface area contributed by atoms with Gasteiger partial charge in [0.25, 0.3) is 0 Å². The topological polar surface area (TPSA) is 145 Å². The first kappa shape index (κ1) is 29.9. The first-order valence-electron chi connectivity index (χ1n) is 12.9. The van der Waals surface area contributed by atoms with E-state index >= 15 is 0 Å². The van der Waals surface area contributed by atoms with Crippen LogP contribution in [-0.4, -0.2) is 89.6 Å². The van der Waals surface area contributed by atoms with Crippen molar-refractivity contribution >= 4 is 29.8 Å². The third-order valence-corrected chi connectivity index (χ3v) is 6.64. The van der Waals surface area contributed by atoms with Crippen molar-refractivity contribution in [2.24, 2.45) is 17.8 Å². The molecule has 2 fully saturated rings. The number of carboxylic acid groups (broad SMARTS) is 1. The molecular weight excluding hydrogens is 480 g/mol. The highest BCUT2D eigenvalue weighted by Crippen LogP contribution is 2.25. The van der Waals surface area contributed by atoms with Crippen LogP contribution in [0.25, 0.3) is 0 Å². The zero-order valence-electron chi connectivity index (χ0n) is 22.1. The van der Waals surface area contributed by atoms with E-state index in [9.17, 15) is 29.1 Å². The third-order valence-electron chi connectivity index (χ3n) is 6.64. The summed E-state index contributed by atoms with van der Waals surface area (Å²) >= 11 is 0. The Morgan fingerprint density at radius 1 is 1.05 bits per heavy atom. The van der Waals surface area contributed by atoms with E-state index < -0.39 is 29.3 Å². The van der Waals surface area contributed by atoms with Crippen LogP contribution in [0.2, 0.25) is 0 Å². The number of nitrogens with one attached hydrogen (secondary N) is 2. The van der Waals surface area contributed by atoms with Crippen LogP contribution in [0.5, 0.6) is 0 Å². The summed E-state index contributed by atoms with van der Waals surface area (Å²) in [4.78, 5) is 64.5. The molecule has 0 aromatic carbocycles. The minimum atomic E-state index is -1.44. The van der Waals surface area contributed by atoms with Crippen molar-refractivity contribution in [1.29, 1.82) is 0 Å². The number of aliphatic carboxylic acids is 1. The smallest absolute Gasteiger partial charge is 0.410 e. The van der Waals surface area contributed by atoms with Gasteiger partial charge in [-0.25, -0.2) is 4.79 Å².